The highest BCUT2D eigenvalue weighted by Crippen LogP contribution is 2.23. The number of nitrogens with two attached hydrogens (primary N) is 1. The number of aryl methyl sites for hydroxylation is 1. The molecular formula is C20H19ClN4O2. The van der Waals surface area contributed by atoms with Crippen LogP contribution >= 0.6 is 11.6 Å². The Morgan fingerprint density at radius 3 is 2.85 bits per heavy atom. The normalized spacial score (nSPS) is 11.1. The molecule has 1 amide bonds. The summed E-state index contributed by atoms with van der Waals surface area (Å²) in [6.45, 7) is 1.96. The lowest BCUT2D eigenvalue weighted by atomic mass is 10.1. The number of hydrogen-bond acceptors (Lipinski definition) is 4. The summed E-state index contributed by atoms with van der Waals surface area (Å²) in [7, 11) is 1.62. The van der Waals surface area contributed by atoms with Gasteiger partial charge in [0.25, 0.3) is 5.91 Å². The molecule has 7 heteroatoms. The van der Waals surface area contributed by atoms with Crippen molar-refractivity contribution in [1.82, 2.24) is 10.2 Å². The van der Waals surface area contributed by atoms with E-state index in [4.69, 9.17) is 22.1 Å². The lowest BCUT2D eigenvalue weighted by Gasteiger charge is -2.04. The number of amides is 1. The minimum Gasteiger partial charge on any atom is -0.496 e. The molecule has 27 heavy (non-hydrogen) atoms. The van der Waals surface area contributed by atoms with Gasteiger partial charge < -0.3 is 10.5 Å². The highest BCUT2D eigenvalue weighted by atomic mass is 35.5. The molecule has 0 unspecified atom stereocenters. The molecule has 6 nitrogen and oxygen atoms in total. The molecule has 0 aliphatic rings. The summed E-state index contributed by atoms with van der Waals surface area (Å²) in [5.74, 6) is 0.422. The first kappa shape index (κ1) is 18.7. The van der Waals surface area contributed by atoms with E-state index in [1.54, 1.807) is 19.4 Å². The number of hydrogen-bond donors (Lipinski definition) is 2. The number of H-pyrrole nitrogens is 1. The minimum atomic E-state index is -0.589. The summed E-state index contributed by atoms with van der Waals surface area (Å²) < 4.78 is 5.31. The number of nitrogens with one attached hydrogen (secondary N) is 1. The first-order valence-electron chi connectivity index (χ1n) is 8.28. The van der Waals surface area contributed by atoms with Gasteiger partial charge in [0.05, 0.1) is 12.8 Å². The second-order valence-corrected chi connectivity index (χ2v) is 6.50. The number of aromatic amines is 1. The fourth-order valence-corrected chi connectivity index (χ4v) is 2.96. The summed E-state index contributed by atoms with van der Waals surface area (Å²) in [5, 5.41) is 7.63. The highest BCUT2D eigenvalue weighted by Gasteiger charge is 2.18. The van der Waals surface area contributed by atoms with E-state index in [9.17, 15) is 4.79 Å². The van der Waals surface area contributed by atoms with E-state index in [-0.39, 0.29) is 11.4 Å². The molecule has 0 aliphatic carbocycles. The van der Waals surface area contributed by atoms with Gasteiger partial charge in [0, 0.05) is 17.7 Å². The van der Waals surface area contributed by atoms with Crippen LogP contribution in [0.1, 0.15) is 32.7 Å². The maximum absolute atomic E-state index is 12.0. The average Bonchev–Trinajstić information content (AvgIpc) is 3.03. The number of aromatic nitrogens is 2. The molecule has 0 fully saturated rings. The third-order valence-electron chi connectivity index (χ3n) is 4.11. The van der Waals surface area contributed by atoms with E-state index in [0.717, 1.165) is 22.4 Å². The van der Waals surface area contributed by atoms with Gasteiger partial charge in [-0.1, -0.05) is 35.9 Å². The number of aliphatic imine (C=N–C) groups is 1. The SMILES string of the molecule is COc1cc(C=Nc2n[nH]c(Cc3cccc(Cl)c3)c2C(N)=O)ccc1C. The molecule has 3 N–H and O–H groups in total. The number of carbonyl (C=O) groups is 1. The van der Waals surface area contributed by atoms with Crippen LogP contribution in [0.15, 0.2) is 47.5 Å². The smallest absolute Gasteiger partial charge is 0.254 e. The van der Waals surface area contributed by atoms with E-state index < -0.39 is 5.91 Å². The molecule has 2 aromatic carbocycles. The van der Waals surface area contributed by atoms with Crippen LogP contribution in [-0.2, 0) is 6.42 Å². The molecule has 1 aromatic heterocycles. The lowest BCUT2D eigenvalue weighted by Crippen LogP contribution is -2.13. The Morgan fingerprint density at radius 2 is 2.15 bits per heavy atom. The zero-order valence-corrected chi connectivity index (χ0v) is 15.7. The zero-order chi connectivity index (χ0) is 19.4. The molecule has 0 saturated carbocycles. The molecule has 3 rings (SSSR count). The van der Waals surface area contributed by atoms with Crippen molar-refractivity contribution in [3.63, 3.8) is 0 Å². The fourth-order valence-electron chi connectivity index (χ4n) is 2.75. The Hall–Kier alpha value is -3.12. The largest absolute Gasteiger partial charge is 0.496 e. The Balaban J connectivity index is 1.90. The van der Waals surface area contributed by atoms with E-state index >= 15 is 0 Å². The van der Waals surface area contributed by atoms with Crippen LogP contribution in [0, 0.1) is 6.92 Å². The zero-order valence-electron chi connectivity index (χ0n) is 15.0. The van der Waals surface area contributed by atoms with Crippen molar-refractivity contribution in [1.29, 1.82) is 0 Å². The molecule has 0 radical (unpaired) electrons. The van der Waals surface area contributed by atoms with Gasteiger partial charge in [-0.15, -0.1) is 0 Å². The summed E-state index contributed by atoms with van der Waals surface area (Å²) in [6.07, 6.45) is 2.06. The van der Waals surface area contributed by atoms with Gasteiger partial charge in [-0.25, -0.2) is 4.99 Å². The van der Waals surface area contributed by atoms with Gasteiger partial charge in [-0.3, -0.25) is 9.89 Å². The molecule has 0 saturated heterocycles. The second-order valence-electron chi connectivity index (χ2n) is 6.06. The van der Waals surface area contributed by atoms with E-state index in [0.29, 0.717) is 17.1 Å². The van der Waals surface area contributed by atoms with Crippen molar-refractivity contribution in [2.24, 2.45) is 10.7 Å². The van der Waals surface area contributed by atoms with Crippen molar-refractivity contribution in [2.45, 2.75) is 13.3 Å². The molecule has 1 heterocycles. The van der Waals surface area contributed by atoms with Gasteiger partial charge in [0.2, 0.25) is 0 Å². The van der Waals surface area contributed by atoms with Crippen LogP contribution in [-0.4, -0.2) is 29.4 Å². The van der Waals surface area contributed by atoms with Crippen LogP contribution in [0.5, 0.6) is 5.75 Å². The Bertz CT molecular complexity index is 1010. The van der Waals surface area contributed by atoms with Crippen molar-refractivity contribution in [3.8, 4) is 5.75 Å². The second kappa shape index (κ2) is 8.05. The van der Waals surface area contributed by atoms with E-state index in [1.165, 1.54) is 0 Å². The molecule has 0 atom stereocenters. The molecule has 3 aromatic rings. The number of rotatable bonds is 6. The number of ether oxygens (including phenoxy) is 1. The van der Waals surface area contributed by atoms with Gasteiger partial charge in [-0.05, 0) is 41.8 Å². The van der Waals surface area contributed by atoms with Gasteiger partial charge in [-0.2, -0.15) is 5.10 Å². The first-order valence-corrected chi connectivity index (χ1v) is 8.66. The number of nitrogens with zero attached hydrogens (tertiary/aromatic N) is 2. The average molecular weight is 383 g/mol. The predicted molar refractivity (Wildman–Crippen MR) is 106 cm³/mol. The number of benzene rings is 2. The van der Waals surface area contributed by atoms with Crippen molar-refractivity contribution in [2.75, 3.05) is 7.11 Å². The van der Waals surface area contributed by atoms with Crippen LogP contribution in [0.3, 0.4) is 0 Å². The van der Waals surface area contributed by atoms with E-state index in [2.05, 4.69) is 15.2 Å². The van der Waals surface area contributed by atoms with Crippen LogP contribution in [0.4, 0.5) is 5.82 Å². The van der Waals surface area contributed by atoms with Crippen molar-refractivity contribution in [3.05, 3.63) is 75.4 Å². The minimum absolute atomic E-state index is 0.249. The van der Waals surface area contributed by atoms with Gasteiger partial charge in [0.1, 0.15) is 11.3 Å². The predicted octanol–water partition coefficient (Wildman–Crippen LogP) is 3.82. The summed E-state index contributed by atoms with van der Waals surface area (Å²) in [4.78, 5) is 16.3. The lowest BCUT2D eigenvalue weighted by molar-refractivity contribution is 0.100. The summed E-state index contributed by atoms with van der Waals surface area (Å²) >= 11 is 6.02. The summed E-state index contributed by atoms with van der Waals surface area (Å²) in [5.41, 5.74) is 9.21. The van der Waals surface area contributed by atoms with Crippen molar-refractivity contribution < 1.29 is 9.53 Å². The number of carbonyl (C=O) groups excluding carboxylic acids is 1. The quantitative estimate of drug-likeness (QED) is 0.634. The van der Waals surface area contributed by atoms with Crippen LogP contribution in [0.2, 0.25) is 5.02 Å². The number of methoxy groups -OCH3 is 1. The molecule has 0 spiro atoms. The Kier molecular flexibility index (Phi) is 5.57. The number of primary amides is 1. The van der Waals surface area contributed by atoms with Crippen LogP contribution < -0.4 is 10.5 Å². The fraction of sp³-hybridized carbons (Fsp3) is 0.150. The third-order valence-corrected chi connectivity index (χ3v) is 4.34. The van der Waals surface area contributed by atoms with E-state index in [1.807, 2.05) is 43.3 Å². The van der Waals surface area contributed by atoms with Gasteiger partial charge >= 0.3 is 0 Å². The monoisotopic (exact) mass is 382 g/mol. The third kappa shape index (κ3) is 4.35. The topological polar surface area (TPSA) is 93.4 Å². The van der Waals surface area contributed by atoms with Crippen LogP contribution in [0.25, 0.3) is 0 Å². The van der Waals surface area contributed by atoms with Crippen molar-refractivity contribution >= 4 is 29.5 Å². The number of halogens is 1. The molecular weight excluding hydrogens is 364 g/mol. The first-order chi connectivity index (χ1) is 13.0. The maximum atomic E-state index is 12.0. The van der Waals surface area contributed by atoms with Gasteiger partial charge in [0.15, 0.2) is 5.82 Å². The Labute approximate surface area is 162 Å². The molecule has 138 valence electrons. The standard InChI is InChI=1S/C20H19ClN4O2/c1-12-6-7-14(10-17(12)27-2)11-23-20-18(19(22)26)16(24-25-20)9-13-4-3-5-15(21)8-13/h3-8,10-11H,9H2,1-2H3,(H2,22,26)(H,24,25). The molecule has 0 aliphatic heterocycles. The molecule has 0 bridgehead atoms. The maximum Gasteiger partial charge on any atom is 0.254 e. The Morgan fingerprint density at radius 1 is 1.33 bits per heavy atom. The summed E-state index contributed by atoms with van der Waals surface area (Å²) in [6, 6.07) is 13.1. The highest BCUT2D eigenvalue weighted by molar-refractivity contribution is 6.30.